The van der Waals surface area contributed by atoms with Gasteiger partial charge < -0.3 is 10.1 Å². The molecule has 2 rings (SSSR count). The van der Waals surface area contributed by atoms with Gasteiger partial charge in [0.25, 0.3) is 0 Å². The quantitative estimate of drug-likeness (QED) is 0.780. The van der Waals surface area contributed by atoms with Gasteiger partial charge in [0.2, 0.25) is 0 Å². The van der Waals surface area contributed by atoms with E-state index in [-0.39, 0.29) is 0 Å². The van der Waals surface area contributed by atoms with Crippen molar-refractivity contribution in [2.45, 2.75) is 43.4 Å². The number of hydrogen-bond donors (Lipinski definition) is 1. The summed E-state index contributed by atoms with van der Waals surface area (Å²) in [6.45, 7) is 0.877. The van der Waals surface area contributed by atoms with E-state index < -0.39 is 0 Å². The zero-order valence-corrected chi connectivity index (χ0v) is 10.3. The number of rotatable bonds is 5. The lowest BCUT2D eigenvalue weighted by atomic mass is 10.2. The third kappa shape index (κ3) is 3.15. The normalized spacial score (nSPS) is 23.9. The predicted molar refractivity (Wildman–Crippen MR) is 66.2 cm³/mol. The molecule has 3 heteroatoms. The monoisotopic (exact) mass is 227 g/mol. The highest BCUT2D eigenvalue weighted by Gasteiger charge is 2.21. The molecule has 2 nitrogen and oxygen atoms in total. The Balaban J connectivity index is 1.74. The van der Waals surface area contributed by atoms with Crippen molar-refractivity contribution in [3.8, 4) is 0 Å². The summed E-state index contributed by atoms with van der Waals surface area (Å²) in [6, 6.07) is 0.429. The van der Waals surface area contributed by atoms with Crippen LogP contribution in [-0.4, -0.2) is 30.7 Å². The molecule has 1 fully saturated rings. The molecule has 0 amide bonds. The Hall–Kier alpha value is -0.150. The van der Waals surface area contributed by atoms with E-state index in [1.165, 1.54) is 31.4 Å². The van der Waals surface area contributed by atoms with Crippen LogP contribution in [0, 0.1) is 0 Å². The average molecular weight is 227 g/mol. The van der Waals surface area contributed by atoms with E-state index in [0.29, 0.717) is 6.04 Å². The first kappa shape index (κ1) is 11.3. The Labute approximate surface area is 96.8 Å². The molecule has 0 radical (unpaired) electrons. The lowest BCUT2D eigenvalue weighted by molar-refractivity contribution is 0.222. The molecule has 1 aliphatic carbocycles. The predicted octanol–water partition coefficient (Wildman–Crippen LogP) is 2.55. The molecule has 1 saturated carbocycles. The average Bonchev–Trinajstić information content (AvgIpc) is 2.90. The fraction of sp³-hybridized carbons (Fsp3) is 0.833. The molecule has 1 heterocycles. The van der Waals surface area contributed by atoms with E-state index in [1.807, 2.05) is 7.05 Å². The van der Waals surface area contributed by atoms with E-state index in [2.05, 4.69) is 23.2 Å². The summed E-state index contributed by atoms with van der Waals surface area (Å²) in [5.41, 5.74) is 0. The summed E-state index contributed by atoms with van der Waals surface area (Å²) in [6.07, 6.45) is 9.02. The minimum absolute atomic E-state index is 0.429. The van der Waals surface area contributed by atoms with Crippen LogP contribution in [-0.2, 0) is 4.74 Å². The second kappa shape index (κ2) is 5.80. The third-order valence-electron chi connectivity index (χ3n) is 3.22. The first-order valence-corrected chi connectivity index (χ1v) is 7.06. The minimum atomic E-state index is 0.429. The molecular formula is C12H21NOS. The Morgan fingerprint density at radius 2 is 2.33 bits per heavy atom. The number of ether oxygens (including phenoxy) is 1. The Kier molecular flexibility index (Phi) is 4.39. The molecule has 1 N–H and O–H groups in total. The summed E-state index contributed by atoms with van der Waals surface area (Å²) in [5.74, 6) is 2.33. The van der Waals surface area contributed by atoms with Crippen LogP contribution in [0.1, 0.15) is 32.1 Å². The van der Waals surface area contributed by atoms with E-state index >= 15 is 0 Å². The number of likely N-dealkylation sites (N-methyl/N-ethyl adjacent to an activating group) is 1. The molecule has 86 valence electrons. The van der Waals surface area contributed by atoms with Crippen LogP contribution in [0.15, 0.2) is 11.8 Å². The van der Waals surface area contributed by atoms with Gasteiger partial charge in [-0.1, -0.05) is 12.8 Å². The molecule has 0 bridgehead atoms. The van der Waals surface area contributed by atoms with E-state index in [9.17, 15) is 0 Å². The van der Waals surface area contributed by atoms with Crippen molar-refractivity contribution in [3.63, 3.8) is 0 Å². The molecule has 0 aromatic rings. The smallest absolute Gasteiger partial charge is 0.110 e. The molecule has 0 spiro atoms. The van der Waals surface area contributed by atoms with Crippen molar-refractivity contribution in [3.05, 3.63) is 11.8 Å². The van der Waals surface area contributed by atoms with Gasteiger partial charge in [-0.05, 0) is 26.0 Å². The summed E-state index contributed by atoms with van der Waals surface area (Å²) < 4.78 is 5.61. The fourth-order valence-electron chi connectivity index (χ4n) is 2.27. The molecule has 0 aromatic heterocycles. The summed E-state index contributed by atoms with van der Waals surface area (Å²) in [7, 11) is 2.03. The van der Waals surface area contributed by atoms with Crippen LogP contribution in [0.5, 0.6) is 0 Å². The van der Waals surface area contributed by atoms with Crippen LogP contribution in [0.25, 0.3) is 0 Å². The van der Waals surface area contributed by atoms with Gasteiger partial charge in [-0.25, -0.2) is 0 Å². The maximum Gasteiger partial charge on any atom is 0.110 e. The zero-order chi connectivity index (χ0) is 10.5. The van der Waals surface area contributed by atoms with Gasteiger partial charge in [0.15, 0.2) is 0 Å². The van der Waals surface area contributed by atoms with Crippen molar-refractivity contribution < 1.29 is 4.74 Å². The van der Waals surface area contributed by atoms with Crippen LogP contribution in [0.2, 0.25) is 0 Å². The van der Waals surface area contributed by atoms with Gasteiger partial charge >= 0.3 is 0 Å². The standard InChI is InChI=1S/C12H21NOS/c1-13-11(12-7-4-8-14-12)9-15-10-5-2-3-6-10/h7,10-11,13H,2-6,8-9H2,1H3. The van der Waals surface area contributed by atoms with E-state index in [0.717, 1.165) is 24.0 Å². The van der Waals surface area contributed by atoms with Gasteiger partial charge in [0, 0.05) is 17.4 Å². The van der Waals surface area contributed by atoms with Crippen LogP contribution >= 0.6 is 11.8 Å². The lowest BCUT2D eigenvalue weighted by Crippen LogP contribution is -2.30. The Morgan fingerprint density at radius 3 is 2.93 bits per heavy atom. The number of thioether (sulfide) groups is 1. The highest BCUT2D eigenvalue weighted by Crippen LogP contribution is 2.30. The maximum absolute atomic E-state index is 5.61. The number of hydrogen-bond acceptors (Lipinski definition) is 3. The summed E-state index contributed by atoms with van der Waals surface area (Å²) >= 11 is 2.12. The molecular weight excluding hydrogens is 206 g/mol. The molecule has 1 aliphatic heterocycles. The van der Waals surface area contributed by atoms with Gasteiger partial charge in [-0.3, -0.25) is 0 Å². The Bertz CT molecular complexity index is 224. The van der Waals surface area contributed by atoms with E-state index in [4.69, 9.17) is 4.74 Å². The molecule has 0 saturated heterocycles. The second-order valence-corrected chi connectivity index (χ2v) is 5.66. The molecule has 1 atom stereocenters. The van der Waals surface area contributed by atoms with Crippen molar-refractivity contribution in [1.82, 2.24) is 5.32 Å². The fourth-order valence-corrected chi connectivity index (χ4v) is 3.74. The van der Waals surface area contributed by atoms with Crippen LogP contribution in [0.4, 0.5) is 0 Å². The van der Waals surface area contributed by atoms with Gasteiger partial charge in [-0.15, -0.1) is 0 Å². The van der Waals surface area contributed by atoms with Gasteiger partial charge in [0.1, 0.15) is 5.76 Å². The summed E-state index contributed by atoms with van der Waals surface area (Å²) in [4.78, 5) is 0. The second-order valence-electron chi connectivity index (χ2n) is 4.32. The molecule has 2 aliphatic rings. The highest BCUT2D eigenvalue weighted by molar-refractivity contribution is 7.99. The van der Waals surface area contributed by atoms with E-state index in [1.54, 1.807) is 0 Å². The van der Waals surface area contributed by atoms with Gasteiger partial charge in [-0.2, -0.15) is 11.8 Å². The molecule has 0 aromatic carbocycles. The highest BCUT2D eigenvalue weighted by atomic mass is 32.2. The third-order valence-corrected chi connectivity index (χ3v) is 4.69. The lowest BCUT2D eigenvalue weighted by Gasteiger charge is -2.19. The van der Waals surface area contributed by atoms with Crippen LogP contribution in [0.3, 0.4) is 0 Å². The molecule has 1 unspecified atom stereocenters. The van der Waals surface area contributed by atoms with Gasteiger partial charge in [0.05, 0.1) is 12.6 Å². The zero-order valence-electron chi connectivity index (χ0n) is 9.50. The molecule has 15 heavy (non-hydrogen) atoms. The van der Waals surface area contributed by atoms with Crippen molar-refractivity contribution >= 4 is 11.8 Å². The first-order valence-electron chi connectivity index (χ1n) is 6.02. The SMILES string of the molecule is CNC(CSC1CCCC1)C1=CCCO1. The largest absolute Gasteiger partial charge is 0.496 e. The van der Waals surface area contributed by atoms with Crippen molar-refractivity contribution in [2.24, 2.45) is 0 Å². The number of nitrogens with one attached hydrogen (secondary N) is 1. The van der Waals surface area contributed by atoms with Crippen molar-refractivity contribution in [2.75, 3.05) is 19.4 Å². The first-order chi connectivity index (χ1) is 7.40. The topological polar surface area (TPSA) is 21.3 Å². The maximum atomic E-state index is 5.61. The van der Waals surface area contributed by atoms with Crippen molar-refractivity contribution in [1.29, 1.82) is 0 Å². The van der Waals surface area contributed by atoms with Crippen LogP contribution < -0.4 is 5.32 Å². The summed E-state index contributed by atoms with van der Waals surface area (Å²) in [5, 5.41) is 4.26. The Morgan fingerprint density at radius 1 is 1.53 bits per heavy atom. The minimum Gasteiger partial charge on any atom is -0.496 e.